The highest BCUT2D eigenvalue weighted by molar-refractivity contribution is 7.99. The standard InChI is InChI=1S/C17H26N2OS/c1-6-17(4)16(20)19(11-13(3)21-5)15(18-17)14-9-7-12(2)8-10-14/h7-10,13,15,18H,6,11H2,1-5H3. The Morgan fingerprint density at radius 3 is 2.52 bits per heavy atom. The van der Waals surface area contributed by atoms with Crippen LogP contribution in [-0.2, 0) is 4.79 Å². The Balaban J connectivity index is 2.31. The van der Waals surface area contributed by atoms with Crippen molar-refractivity contribution in [1.29, 1.82) is 0 Å². The van der Waals surface area contributed by atoms with Gasteiger partial charge in [-0.3, -0.25) is 10.1 Å². The van der Waals surface area contributed by atoms with Gasteiger partial charge in [-0.25, -0.2) is 0 Å². The van der Waals surface area contributed by atoms with Gasteiger partial charge in [-0.15, -0.1) is 0 Å². The van der Waals surface area contributed by atoms with Crippen LogP contribution in [0.1, 0.15) is 44.5 Å². The van der Waals surface area contributed by atoms with Gasteiger partial charge in [-0.05, 0) is 32.1 Å². The maximum absolute atomic E-state index is 12.8. The predicted octanol–water partition coefficient (Wildman–Crippen LogP) is 3.35. The molecule has 0 aliphatic carbocycles. The monoisotopic (exact) mass is 306 g/mol. The fourth-order valence-electron chi connectivity index (χ4n) is 2.68. The van der Waals surface area contributed by atoms with E-state index in [1.165, 1.54) is 11.1 Å². The molecule has 0 aromatic heterocycles. The van der Waals surface area contributed by atoms with Gasteiger partial charge in [0.15, 0.2) is 0 Å². The molecule has 116 valence electrons. The largest absolute Gasteiger partial charge is 0.320 e. The average molecular weight is 306 g/mol. The Hall–Kier alpha value is -1.00. The molecule has 3 atom stereocenters. The first kappa shape index (κ1) is 16.4. The van der Waals surface area contributed by atoms with Crippen LogP contribution in [0.4, 0.5) is 0 Å². The van der Waals surface area contributed by atoms with E-state index in [-0.39, 0.29) is 12.1 Å². The molecule has 1 aliphatic heterocycles. The van der Waals surface area contributed by atoms with Gasteiger partial charge in [0.1, 0.15) is 6.17 Å². The number of thioether (sulfide) groups is 1. The van der Waals surface area contributed by atoms with Crippen LogP contribution < -0.4 is 5.32 Å². The van der Waals surface area contributed by atoms with Gasteiger partial charge >= 0.3 is 0 Å². The number of nitrogens with one attached hydrogen (secondary N) is 1. The fraction of sp³-hybridized carbons (Fsp3) is 0.588. The highest BCUT2D eigenvalue weighted by Crippen LogP contribution is 2.33. The van der Waals surface area contributed by atoms with E-state index < -0.39 is 5.54 Å². The molecule has 1 amide bonds. The Bertz CT molecular complexity index is 502. The van der Waals surface area contributed by atoms with Gasteiger partial charge in [-0.2, -0.15) is 11.8 Å². The smallest absolute Gasteiger partial charge is 0.244 e. The van der Waals surface area contributed by atoms with Crippen LogP contribution in [0.3, 0.4) is 0 Å². The number of aryl methyl sites for hydroxylation is 1. The molecule has 0 spiro atoms. The number of hydrogen-bond acceptors (Lipinski definition) is 3. The molecular formula is C17H26N2OS. The van der Waals surface area contributed by atoms with Crippen LogP contribution in [0.5, 0.6) is 0 Å². The highest BCUT2D eigenvalue weighted by Gasteiger charge is 2.47. The summed E-state index contributed by atoms with van der Waals surface area (Å²) in [6, 6.07) is 8.47. The highest BCUT2D eigenvalue weighted by atomic mass is 32.2. The van der Waals surface area contributed by atoms with Crippen LogP contribution in [0, 0.1) is 6.92 Å². The van der Waals surface area contributed by atoms with Crippen molar-refractivity contribution in [2.24, 2.45) is 0 Å². The number of carbonyl (C=O) groups excluding carboxylic acids is 1. The molecule has 2 rings (SSSR count). The lowest BCUT2D eigenvalue weighted by Crippen LogP contribution is -2.43. The van der Waals surface area contributed by atoms with Gasteiger partial charge in [0.05, 0.1) is 5.54 Å². The van der Waals surface area contributed by atoms with Crippen molar-refractivity contribution in [3.8, 4) is 0 Å². The van der Waals surface area contributed by atoms with Gasteiger partial charge in [0, 0.05) is 11.8 Å². The van der Waals surface area contributed by atoms with E-state index in [9.17, 15) is 4.79 Å². The number of carbonyl (C=O) groups is 1. The molecule has 0 saturated carbocycles. The van der Waals surface area contributed by atoms with Crippen LogP contribution in [0.2, 0.25) is 0 Å². The Morgan fingerprint density at radius 1 is 1.38 bits per heavy atom. The van der Waals surface area contributed by atoms with E-state index >= 15 is 0 Å². The Labute approximate surface area is 132 Å². The zero-order chi connectivity index (χ0) is 15.6. The first-order chi connectivity index (χ1) is 9.91. The summed E-state index contributed by atoms with van der Waals surface area (Å²) in [7, 11) is 0. The second kappa shape index (κ2) is 6.41. The Kier molecular flexibility index (Phi) is 4.99. The third-order valence-corrected chi connectivity index (χ3v) is 5.41. The van der Waals surface area contributed by atoms with Gasteiger partial charge < -0.3 is 4.90 Å². The lowest BCUT2D eigenvalue weighted by atomic mass is 9.99. The van der Waals surface area contributed by atoms with Crippen LogP contribution >= 0.6 is 11.8 Å². The summed E-state index contributed by atoms with van der Waals surface area (Å²) in [6.07, 6.45) is 2.88. The summed E-state index contributed by atoms with van der Waals surface area (Å²) >= 11 is 1.80. The van der Waals surface area contributed by atoms with Gasteiger partial charge in [0.2, 0.25) is 5.91 Å². The lowest BCUT2D eigenvalue weighted by molar-refractivity contribution is -0.133. The van der Waals surface area contributed by atoms with E-state index in [0.29, 0.717) is 5.25 Å². The normalized spacial score (nSPS) is 27.2. The van der Waals surface area contributed by atoms with Crippen molar-refractivity contribution < 1.29 is 4.79 Å². The van der Waals surface area contributed by atoms with Crippen molar-refractivity contribution in [1.82, 2.24) is 10.2 Å². The van der Waals surface area contributed by atoms with Crippen molar-refractivity contribution in [2.75, 3.05) is 12.8 Å². The predicted molar refractivity (Wildman–Crippen MR) is 90.4 cm³/mol. The molecule has 1 fully saturated rings. The molecule has 1 aliphatic rings. The molecule has 4 heteroatoms. The van der Waals surface area contributed by atoms with Crippen LogP contribution in [-0.4, -0.2) is 34.4 Å². The molecule has 1 saturated heterocycles. The molecule has 0 radical (unpaired) electrons. The summed E-state index contributed by atoms with van der Waals surface area (Å²) < 4.78 is 0. The van der Waals surface area contributed by atoms with E-state index in [0.717, 1.165) is 13.0 Å². The maximum atomic E-state index is 12.8. The molecule has 3 unspecified atom stereocenters. The van der Waals surface area contributed by atoms with Crippen molar-refractivity contribution in [2.45, 2.75) is 51.1 Å². The SMILES string of the molecule is CCC1(C)NC(c2ccc(C)cc2)N(CC(C)SC)C1=O. The third-order valence-electron chi connectivity index (χ3n) is 4.46. The number of nitrogens with zero attached hydrogens (tertiary/aromatic N) is 1. The van der Waals surface area contributed by atoms with E-state index in [1.54, 1.807) is 11.8 Å². The molecule has 0 bridgehead atoms. The fourth-order valence-corrected chi connectivity index (χ4v) is 2.99. The Morgan fingerprint density at radius 2 is 2.00 bits per heavy atom. The second-order valence-electron chi connectivity index (χ2n) is 6.15. The maximum Gasteiger partial charge on any atom is 0.244 e. The summed E-state index contributed by atoms with van der Waals surface area (Å²) in [6.45, 7) is 9.12. The van der Waals surface area contributed by atoms with Crippen molar-refractivity contribution in [3.05, 3.63) is 35.4 Å². The first-order valence-electron chi connectivity index (χ1n) is 7.59. The van der Waals surface area contributed by atoms with Crippen molar-refractivity contribution in [3.63, 3.8) is 0 Å². The molecule has 21 heavy (non-hydrogen) atoms. The number of amides is 1. The molecule has 1 aromatic carbocycles. The first-order valence-corrected chi connectivity index (χ1v) is 8.88. The van der Waals surface area contributed by atoms with E-state index in [2.05, 4.69) is 56.6 Å². The summed E-state index contributed by atoms with van der Waals surface area (Å²) in [4.78, 5) is 14.8. The minimum Gasteiger partial charge on any atom is -0.320 e. The van der Waals surface area contributed by atoms with Gasteiger partial charge in [0.25, 0.3) is 0 Å². The van der Waals surface area contributed by atoms with Gasteiger partial charge in [-0.1, -0.05) is 43.7 Å². The lowest BCUT2D eigenvalue weighted by Gasteiger charge is -2.27. The summed E-state index contributed by atoms with van der Waals surface area (Å²) in [5.74, 6) is 0.219. The number of hydrogen-bond donors (Lipinski definition) is 1. The minimum absolute atomic E-state index is 0.0161. The quantitative estimate of drug-likeness (QED) is 0.905. The van der Waals surface area contributed by atoms with Crippen LogP contribution in [0.25, 0.3) is 0 Å². The summed E-state index contributed by atoms with van der Waals surface area (Å²) in [5, 5.41) is 3.98. The number of benzene rings is 1. The summed E-state index contributed by atoms with van der Waals surface area (Å²) in [5.41, 5.74) is 1.96. The molecule has 1 N–H and O–H groups in total. The van der Waals surface area contributed by atoms with E-state index in [1.807, 2.05) is 11.8 Å². The average Bonchev–Trinajstić information content (AvgIpc) is 2.73. The van der Waals surface area contributed by atoms with E-state index in [4.69, 9.17) is 0 Å². The number of rotatable bonds is 5. The van der Waals surface area contributed by atoms with Crippen LogP contribution in [0.15, 0.2) is 24.3 Å². The second-order valence-corrected chi connectivity index (χ2v) is 7.42. The molecular weight excluding hydrogens is 280 g/mol. The molecule has 1 heterocycles. The molecule has 3 nitrogen and oxygen atoms in total. The zero-order valence-electron chi connectivity index (χ0n) is 13.6. The zero-order valence-corrected chi connectivity index (χ0v) is 14.5. The molecule has 1 aromatic rings. The third kappa shape index (κ3) is 3.27. The minimum atomic E-state index is -0.451. The van der Waals surface area contributed by atoms with Crippen molar-refractivity contribution >= 4 is 17.7 Å². The topological polar surface area (TPSA) is 32.3 Å².